The SMILES string of the molecule is C[C@H](CS[C@H](CCc1ccccc1C(C)(C)O)c1cccc(OCc2ccc3ccc(Cl)cc3n2)c1)C(=O)[O-]. The normalized spacial score (nSPS) is 13.3. The van der Waals surface area contributed by atoms with Gasteiger partial charge in [0.05, 0.1) is 16.8 Å². The molecular formula is C32H33ClNO4S-. The van der Waals surface area contributed by atoms with Gasteiger partial charge in [0.25, 0.3) is 0 Å². The van der Waals surface area contributed by atoms with Gasteiger partial charge in [-0.25, -0.2) is 4.98 Å². The van der Waals surface area contributed by atoms with Crippen molar-refractivity contribution in [2.75, 3.05) is 5.75 Å². The number of aliphatic carboxylic acids is 1. The number of carbonyl (C=O) groups excluding carboxylic acids is 1. The Balaban J connectivity index is 1.51. The van der Waals surface area contributed by atoms with Crippen LogP contribution in [-0.4, -0.2) is 21.8 Å². The molecule has 0 spiro atoms. The summed E-state index contributed by atoms with van der Waals surface area (Å²) in [6, 6.07) is 25.4. The number of halogens is 1. The summed E-state index contributed by atoms with van der Waals surface area (Å²) in [5, 5.41) is 23.7. The maximum atomic E-state index is 11.4. The molecule has 39 heavy (non-hydrogen) atoms. The Kier molecular flexibility index (Phi) is 9.54. The average Bonchev–Trinajstić information content (AvgIpc) is 2.91. The van der Waals surface area contributed by atoms with Crippen LogP contribution in [0.1, 0.15) is 54.8 Å². The molecule has 0 saturated carbocycles. The van der Waals surface area contributed by atoms with Gasteiger partial charge in [0, 0.05) is 33.3 Å². The quantitative estimate of drug-likeness (QED) is 0.212. The summed E-state index contributed by atoms with van der Waals surface area (Å²) in [4.78, 5) is 16.0. The zero-order chi connectivity index (χ0) is 28.0. The first kappa shape index (κ1) is 28.9. The molecule has 7 heteroatoms. The fraction of sp³-hybridized carbons (Fsp3) is 0.312. The lowest BCUT2D eigenvalue weighted by atomic mass is 9.90. The molecule has 0 saturated heterocycles. The smallest absolute Gasteiger partial charge is 0.130 e. The Morgan fingerprint density at radius 1 is 1.08 bits per heavy atom. The Labute approximate surface area is 239 Å². The number of pyridine rings is 1. The van der Waals surface area contributed by atoms with Gasteiger partial charge in [0.2, 0.25) is 0 Å². The molecule has 204 valence electrons. The maximum Gasteiger partial charge on any atom is 0.130 e. The summed E-state index contributed by atoms with van der Waals surface area (Å²) < 4.78 is 6.11. The van der Waals surface area contributed by atoms with E-state index < -0.39 is 17.5 Å². The van der Waals surface area contributed by atoms with Crippen molar-refractivity contribution in [1.82, 2.24) is 4.98 Å². The maximum absolute atomic E-state index is 11.4. The minimum atomic E-state index is -1.05. The van der Waals surface area contributed by atoms with Crippen LogP contribution in [0.5, 0.6) is 5.75 Å². The van der Waals surface area contributed by atoms with E-state index in [2.05, 4.69) is 4.98 Å². The van der Waals surface area contributed by atoms with Gasteiger partial charge in [-0.05, 0) is 73.7 Å². The summed E-state index contributed by atoms with van der Waals surface area (Å²) >= 11 is 7.73. The largest absolute Gasteiger partial charge is 0.550 e. The number of thioether (sulfide) groups is 1. The highest BCUT2D eigenvalue weighted by molar-refractivity contribution is 7.99. The molecule has 0 bridgehead atoms. The number of carbonyl (C=O) groups is 1. The minimum Gasteiger partial charge on any atom is -0.550 e. The summed E-state index contributed by atoms with van der Waals surface area (Å²) in [6.45, 7) is 5.56. The fourth-order valence-electron chi connectivity index (χ4n) is 4.47. The number of hydrogen-bond donors (Lipinski definition) is 1. The molecule has 4 aromatic rings. The van der Waals surface area contributed by atoms with Crippen molar-refractivity contribution in [2.45, 2.75) is 51.1 Å². The molecule has 1 aromatic heterocycles. The Hall–Kier alpha value is -3.06. The van der Waals surface area contributed by atoms with Crippen molar-refractivity contribution in [3.63, 3.8) is 0 Å². The van der Waals surface area contributed by atoms with E-state index in [4.69, 9.17) is 16.3 Å². The van der Waals surface area contributed by atoms with Gasteiger partial charge in [-0.1, -0.05) is 67.1 Å². The number of benzene rings is 3. The number of aliphatic hydroxyl groups is 1. The Morgan fingerprint density at radius 3 is 2.62 bits per heavy atom. The molecule has 0 aliphatic carbocycles. The van der Waals surface area contributed by atoms with Gasteiger partial charge in [-0.15, -0.1) is 0 Å². The van der Waals surface area contributed by atoms with Crippen LogP contribution in [0.4, 0.5) is 0 Å². The van der Waals surface area contributed by atoms with Crippen molar-refractivity contribution < 1.29 is 19.7 Å². The van der Waals surface area contributed by atoms with Crippen LogP contribution in [0.15, 0.2) is 78.9 Å². The van der Waals surface area contributed by atoms with Crippen molar-refractivity contribution in [3.05, 3.63) is 106 Å². The number of aromatic nitrogens is 1. The molecular weight excluding hydrogens is 530 g/mol. The number of fused-ring (bicyclic) bond motifs is 1. The van der Waals surface area contributed by atoms with E-state index in [1.807, 2.05) is 78.9 Å². The van der Waals surface area contributed by atoms with Gasteiger partial charge in [-0.2, -0.15) is 11.8 Å². The van der Waals surface area contributed by atoms with E-state index >= 15 is 0 Å². The van der Waals surface area contributed by atoms with Crippen molar-refractivity contribution >= 4 is 40.2 Å². The molecule has 4 rings (SSSR count). The van der Waals surface area contributed by atoms with Crippen LogP contribution in [0.3, 0.4) is 0 Å². The number of nitrogens with zero attached hydrogens (tertiary/aromatic N) is 1. The lowest BCUT2D eigenvalue weighted by Crippen LogP contribution is -2.30. The molecule has 2 atom stereocenters. The van der Waals surface area contributed by atoms with E-state index in [0.717, 1.165) is 51.9 Å². The molecule has 5 nitrogen and oxygen atoms in total. The first-order valence-corrected chi connectivity index (χ1v) is 14.4. The highest BCUT2D eigenvalue weighted by Gasteiger charge is 2.21. The van der Waals surface area contributed by atoms with E-state index in [9.17, 15) is 15.0 Å². The van der Waals surface area contributed by atoms with Gasteiger partial charge >= 0.3 is 0 Å². The second-order valence-electron chi connectivity index (χ2n) is 10.3. The Morgan fingerprint density at radius 2 is 1.85 bits per heavy atom. The lowest BCUT2D eigenvalue weighted by Gasteiger charge is -2.24. The van der Waals surface area contributed by atoms with E-state index in [-0.39, 0.29) is 5.25 Å². The van der Waals surface area contributed by atoms with Crippen LogP contribution in [-0.2, 0) is 23.4 Å². The monoisotopic (exact) mass is 562 g/mol. The molecule has 0 amide bonds. The number of rotatable bonds is 12. The predicted molar refractivity (Wildman–Crippen MR) is 157 cm³/mol. The molecule has 0 aliphatic heterocycles. The summed E-state index contributed by atoms with van der Waals surface area (Å²) in [5.74, 6) is -0.451. The summed E-state index contributed by atoms with van der Waals surface area (Å²) in [7, 11) is 0. The zero-order valence-electron chi connectivity index (χ0n) is 22.4. The van der Waals surface area contributed by atoms with Crippen LogP contribution in [0.25, 0.3) is 10.9 Å². The number of hydrogen-bond acceptors (Lipinski definition) is 6. The first-order valence-electron chi connectivity index (χ1n) is 13.0. The molecule has 0 radical (unpaired) electrons. The molecule has 0 fully saturated rings. The van der Waals surface area contributed by atoms with Crippen LogP contribution < -0.4 is 9.84 Å². The molecule has 3 aromatic carbocycles. The standard InChI is InChI=1S/C32H34ClNO4S/c1-21(31(35)36)20-39-30(16-13-22-7-4-5-10-28(22)32(2,3)37)24-8-6-9-27(17-24)38-19-26-15-12-23-11-14-25(33)18-29(23)34-26/h4-12,14-15,17-18,21,30,37H,13,16,19-20H2,1-3H3,(H,35,36)/p-1/t21-,30-/m1/s1. The predicted octanol–water partition coefficient (Wildman–Crippen LogP) is 6.49. The Bertz CT molecular complexity index is 1440. The molecule has 1 heterocycles. The molecule has 0 unspecified atom stereocenters. The van der Waals surface area contributed by atoms with E-state index in [1.54, 1.807) is 32.5 Å². The van der Waals surface area contributed by atoms with Crippen LogP contribution >= 0.6 is 23.4 Å². The van der Waals surface area contributed by atoms with Gasteiger partial charge in [0.1, 0.15) is 12.4 Å². The highest BCUT2D eigenvalue weighted by Crippen LogP contribution is 2.37. The fourth-order valence-corrected chi connectivity index (χ4v) is 5.92. The average molecular weight is 563 g/mol. The minimum absolute atomic E-state index is 0.0335. The van der Waals surface area contributed by atoms with Crippen molar-refractivity contribution in [1.29, 1.82) is 0 Å². The molecule has 0 aliphatic rings. The summed E-state index contributed by atoms with van der Waals surface area (Å²) in [5.41, 5.74) is 3.71. The van der Waals surface area contributed by atoms with E-state index in [1.165, 1.54) is 0 Å². The van der Waals surface area contributed by atoms with Gasteiger partial charge in [-0.3, -0.25) is 0 Å². The summed E-state index contributed by atoms with van der Waals surface area (Å²) in [6.07, 6.45) is 1.51. The lowest BCUT2D eigenvalue weighted by molar-refractivity contribution is -0.310. The number of carboxylic acids is 1. The molecule has 1 N–H and O–H groups in total. The zero-order valence-corrected chi connectivity index (χ0v) is 24.0. The third-order valence-corrected chi connectivity index (χ3v) is 8.47. The number of ether oxygens (including phenoxy) is 1. The van der Waals surface area contributed by atoms with Crippen LogP contribution in [0.2, 0.25) is 5.02 Å². The third kappa shape index (κ3) is 7.98. The van der Waals surface area contributed by atoms with Crippen molar-refractivity contribution in [3.8, 4) is 5.75 Å². The second-order valence-corrected chi connectivity index (χ2v) is 12.0. The number of aryl methyl sites for hydroxylation is 1. The van der Waals surface area contributed by atoms with E-state index in [0.29, 0.717) is 17.4 Å². The first-order chi connectivity index (χ1) is 18.6. The van der Waals surface area contributed by atoms with Gasteiger partial charge in [0.15, 0.2) is 0 Å². The topological polar surface area (TPSA) is 82.5 Å². The highest BCUT2D eigenvalue weighted by atomic mass is 35.5. The second kappa shape index (κ2) is 12.9. The third-order valence-electron chi connectivity index (χ3n) is 6.63. The number of carboxylic acid groups (broad SMARTS) is 1. The van der Waals surface area contributed by atoms with Crippen molar-refractivity contribution in [2.24, 2.45) is 5.92 Å². The van der Waals surface area contributed by atoms with Crippen LogP contribution in [0, 0.1) is 5.92 Å². The van der Waals surface area contributed by atoms with Gasteiger partial charge < -0.3 is 19.7 Å².